The van der Waals surface area contributed by atoms with Crippen LogP contribution in [0.2, 0.25) is 0 Å². The largest absolute Gasteiger partial charge is 0.364 e. The highest BCUT2D eigenvalue weighted by molar-refractivity contribution is 7.85. The molecule has 1 aliphatic rings. The molecule has 0 radical (unpaired) electrons. The Morgan fingerprint density at radius 3 is 2.00 bits per heavy atom. The van der Waals surface area contributed by atoms with Crippen LogP contribution in [0.1, 0.15) is 24.5 Å². The molecule has 0 aromatic heterocycles. The van der Waals surface area contributed by atoms with E-state index < -0.39 is 10.1 Å². The van der Waals surface area contributed by atoms with Gasteiger partial charge in [0, 0.05) is 26.1 Å². The number of hydrogen-bond donors (Lipinski definition) is 1. The van der Waals surface area contributed by atoms with Crippen molar-refractivity contribution in [2.45, 2.75) is 37.6 Å². The molecule has 8 heteroatoms. The Kier molecular flexibility index (Phi) is 10.7. The third-order valence-electron chi connectivity index (χ3n) is 7.54. The number of hydrogen-bond acceptors (Lipinski definition) is 5. The number of carbonyl (C=O) groups is 1. The number of nitrogens with zero attached hydrogens (tertiary/aromatic N) is 3. The van der Waals surface area contributed by atoms with Gasteiger partial charge in [0.1, 0.15) is 0 Å². The monoisotopic (exact) mass is 599 g/mol. The Labute approximate surface area is 256 Å². The smallest absolute Gasteiger partial charge is 0.294 e. The lowest BCUT2D eigenvalue weighted by atomic mass is 10.0. The van der Waals surface area contributed by atoms with Gasteiger partial charge in [-0.15, -0.1) is 0 Å². The van der Waals surface area contributed by atoms with Gasteiger partial charge in [-0.2, -0.15) is 8.42 Å². The Balaban J connectivity index is 0.000000324. The fourth-order valence-corrected chi connectivity index (χ4v) is 5.85. The van der Waals surface area contributed by atoms with E-state index in [9.17, 15) is 13.2 Å². The van der Waals surface area contributed by atoms with Crippen molar-refractivity contribution in [1.29, 1.82) is 0 Å². The Hall–Kier alpha value is -3.98. The van der Waals surface area contributed by atoms with Crippen LogP contribution in [-0.4, -0.2) is 63.5 Å². The Bertz CT molecular complexity index is 1590. The van der Waals surface area contributed by atoms with E-state index in [0.717, 1.165) is 43.0 Å². The fraction of sp³-hybridized carbons (Fsp3) is 0.286. The van der Waals surface area contributed by atoms with Crippen LogP contribution >= 0.6 is 0 Å². The molecule has 0 aliphatic carbocycles. The van der Waals surface area contributed by atoms with Crippen LogP contribution in [0.4, 0.5) is 11.4 Å². The van der Waals surface area contributed by atoms with Crippen LogP contribution in [0.25, 0.3) is 11.1 Å². The zero-order valence-electron chi connectivity index (χ0n) is 25.3. The van der Waals surface area contributed by atoms with Crippen molar-refractivity contribution in [2.24, 2.45) is 0 Å². The molecule has 4 aromatic carbocycles. The fourth-order valence-electron chi connectivity index (χ4n) is 5.37. The van der Waals surface area contributed by atoms with Crippen LogP contribution in [0.3, 0.4) is 0 Å². The second kappa shape index (κ2) is 14.5. The minimum atomic E-state index is -4.02. The summed E-state index contributed by atoms with van der Waals surface area (Å²) in [6, 6.07) is 33.6. The van der Waals surface area contributed by atoms with E-state index in [2.05, 4.69) is 97.5 Å². The average molecular weight is 600 g/mol. The third-order valence-corrected chi connectivity index (χ3v) is 8.41. The topological polar surface area (TPSA) is 81.2 Å². The predicted octanol–water partition coefficient (Wildman–Crippen LogP) is 6.33. The van der Waals surface area contributed by atoms with Crippen molar-refractivity contribution < 1.29 is 17.8 Å². The maximum Gasteiger partial charge on any atom is 0.294 e. The van der Waals surface area contributed by atoms with E-state index in [1.54, 1.807) is 12.1 Å². The normalized spacial score (nSPS) is 14.6. The summed E-state index contributed by atoms with van der Waals surface area (Å²) in [5, 5.41) is 0. The summed E-state index contributed by atoms with van der Waals surface area (Å²) >= 11 is 0. The number of likely N-dealkylation sites (N-methyl/N-ethyl adjacent to an activating group) is 2. The van der Waals surface area contributed by atoms with E-state index in [-0.39, 0.29) is 10.8 Å². The Morgan fingerprint density at radius 2 is 1.42 bits per heavy atom. The number of fused-ring (bicyclic) bond motifs is 1. The first kappa shape index (κ1) is 31.9. The van der Waals surface area contributed by atoms with E-state index in [0.29, 0.717) is 12.5 Å². The van der Waals surface area contributed by atoms with Crippen molar-refractivity contribution in [3.05, 3.63) is 114 Å². The lowest BCUT2D eigenvalue weighted by molar-refractivity contribution is -0.118. The molecule has 1 unspecified atom stereocenters. The second-order valence-electron chi connectivity index (χ2n) is 11.0. The van der Waals surface area contributed by atoms with Crippen molar-refractivity contribution in [1.82, 2.24) is 4.90 Å². The van der Waals surface area contributed by atoms with Crippen molar-refractivity contribution in [3.8, 4) is 11.1 Å². The molecule has 1 heterocycles. The number of benzene rings is 4. The van der Waals surface area contributed by atoms with Crippen LogP contribution < -0.4 is 9.80 Å². The van der Waals surface area contributed by atoms with Crippen LogP contribution in [-0.2, 0) is 21.3 Å². The summed E-state index contributed by atoms with van der Waals surface area (Å²) in [5.74, 6) is 0.198. The zero-order chi connectivity index (χ0) is 31.0. The van der Waals surface area contributed by atoms with Gasteiger partial charge in [0.15, 0.2) is 0 Å². The van der Waals surface area contributed by atoms with Crippen molar-refractivity contribution in [3.63, 3.8) is 0 Å². The molecule has 1 N–H and O–H groups in total. The molecule has 0 spiro atoms. The van der Waals surface area contributed by atoms with Gasteiger partial charge < -0.3 is 14.7 Å². The minimum absolute atomic E-state index is 0.0666. The lowest BCUT2D eigenvalue weighted by Crippen LogP contribution is -2.54. The van der Waals surface area contributed by atoms with Gasteiger partial charge in [0.25, 0.3) is 10.1 Å². The van der Waals surface area contributed by atoms with Gasteiger partial charge in [-0.1, -0.05) is 84.4 Å². The summed E-state index contributed by atoms with van der Waals surface area (Å²) < 4.78 is 29.6. The highest BCUT2D eigenvalue weighted by Gasteiger charge is 2.32. The predicted molar refractivity (Wildman–Crippen MR) is 175 cm³/mol. The van der Waals surface area contributed by atoms with E-state index in [1.165, 1.54) is 28.8 Å². The second-order valence-corrected chi connectivity index (χ2v) is 12.5. The molecule has 0 bridgehead atoms. The SMILES string of the molecule is CCN1c2ccccc2N(C(=O)CCc2ccc(-c3ccccc3)cc2)CC1CN(C)C.Cc1ccc(S(=O)(=O)O)cc1. The van der Waals surface area contributed by atoms with Gasteiger partial charge >= 0.3 is 0 Å². The first-order valence-corrected chi connectivity index (χ1v) is 16.0. The van der Waals surface area contributed by atoms with Crippen molar-refractivity contribution >= 4 is 27.4 Å². The van der Waals surface area contributed by atoms with Gasteiger partial charge in [0.05, 0.1) is 22.3 Å². The molecule has 0 saturated carbocycles. The Morgan fingerprint density at radius 1 is 0.837 bits per heavy atom. The third kappa shape index (κ3) is 8.54. The van der Waals surface area contributed by atoms with Gasteiger partial charge in [0.2, 0.25) is 5.91 Å². The van der Waals surface area contributed by atoms with Gasteiger partial charge in [-0.3, -0.25) is 9.35 Å². The first-order valence-electron chi connectivity index (χ1n) is 14.6. The molecule has 0 fully saturated rings. The summed E-state index contributed by atoms with van der Waals surface area (Å²) in [6.45, 7) is 6.62. The number of para-hydroxylation sites is 2. The molecule has 5 rings (SSSR count). The average Bonchev–Trinajstić information content (AvgIpc) is 3.00. The van der Waals surface area contributed by atoms with Crippen LogP contribution in [0, 0.1) is 6.92 Å². The summed E-state index contributed by atoms with van der Waals surface area (Å²) in [6.07, 6.45) is 1.27. The number of amides is 1. The molecule has 1 amide bonds. The van der Waals surface area contributed by atoms with Crippen LogP contribution in [0.5, 0.6) is 0 Å². The molecule has 43 heavy (non-hydrogen) atoms. The molecule has 7 nitrogen and oxygen atoms in total. The standard InChI is InChI=1S/C28H33N3O.C7H8O3S/c1-4-30-25(20-29(2)3)21-31(27-13-9-8-12-26(27)30)28(32)19-16-22-14-17-24(18-15-22)23-10-6-5-7-11-23;1-6-2-4-7(5-3-6)11(8,9)10/h5-15,17-18,25H,4,16,19-21H2,1-3H3;2-5H,1H3,(H,8,9,10). The molecule has 4 aromatic rings. The van der Waals surface area contributed by atoms with Gasteiger partial charge in [-0.05, 0) is 75.3 Å². The van der Waals surface area contributed by atoms with E-state index in [1.807, 2.05) is 24.0 Å². The van der Waals surface area contributed by atoms with E-state index >= 15 is 0 Å². The van der Waals surface area contributed by atoms with Gasteiger partial charge in [-0.25, -0.2) is 0 Å². The zero-order valence-corrected chi connectivity index (χ0v) is 26.2. The van der Waals surface area contributed by atoms with Crippen molar-refractivity contribution in [2.75, 3.05) is 43.5 Å². The lowest BCUT2D eigenvalue weighted by Gasteiger charge is -2.44. The minimum Gasteiger partial charge on any atom is -0.364 e. The summed E-state index contributed by atoms with van der Waals surface area (Å²) in [5.41, 5.74) is 6.77. The molecule has 0 saturated heterocycles. The number of anilines is 2. The number of aryl methyl sites for hydroxylation is 2. The first-order chi connectivity index (χ1) is 20.6. The molecule has 226 valence electrons. The highest BCUT2D eigenvalue weighted by Crippen LogP contribution is 2.36. The van der Waals surface area contributed by atoms with Crippen LogP contribution in [0.15, 0.2) is 108 Å². The molecule has 1 aliphatic heterocycles. The molecular weight excluding hydrogens is 558 g/mol. The summed E-state index contributed by atoms with van der Waals surface area (Å²) in [4.78, 5) is 19.9. The quantitative estimate of drug-likeness (QED) is 0.239. The number of carbonyl (C=O) groups excluding carboxylic acids is 1. The summed E-state index contributed by atoms with van der Waals surface area (Å²) in [7, 11) is 0.174. The molecule has 1 atom stereocenters. The highest BCUT2D eigenvalue weighted by atomic mass is 32.2. The maximum absolute atomic E-state index is 13.3. The molecular formula is C35H41N3O4S. The maximum atomic E-state index is 13.3. The number of rotatable bonds is 8. The van der Waals surface area contributed by atoms with E-state index in [4.69, 9.17) is 4.55 Å².